The fourth-order valence-electron chi connectivity index (χ4n) is 3.52. The van der Waals surface area contributed by atoms with Crippen LogP contribution in [-0.2, 0) is 9.59 Å². The zero-order chi connectivity index (χ0) is 21.1. The first-order chi connectivity index (χ1) is 14.5. The van der Waals surface area contributed by atoms with Crippen LogP contribution >= 0.6 is 23.4 Å². The van der Waals surface area contributed by atoms with Crippen molar-refractivity contribution >= 4 is 35.2 Å². The molecule has 0 radical (unpaired) electrons. The summed E-state index contributed by atoms with van der Waals surface area (Å²) < 4.78 is 11.5. The maximum Gasteiger partial charge on any atom is 0.267 e. The SMILES string of the molecule is CC(Sc1ccc(Cl)cc1)C(=O)N1CCN(C(=O)C2COc3ccccc3O2)CC1. The number of nitrogens with zero attached hydrogens (tertiary/aromatic N) is 2. The van der Waals surface area contributed by atoms with Crippen molar-refractivity contribution < 1.29 is 19.1 Å². The van der Waals surface area contributed by atoms with Crippen molar-refractivity contribution in [3.05, 3.63) is 53.6 Å². The molecule has 2 atom stereocenters. The van der Waals surface area contributed by atoms with E-state index < -0.39 is 6.10 Å². The van der Waals surface area contributed by atoms with Gasteiger partial charge >= 0.3 is 0 Å². The summed E-state index contributed by atoms with van der Waals surface area (Å²) in [7, 11) is 0. The molecule has 2 amide bonds. The maximum absolute atomic E-state index is 12.8. The fraction of sp³-hybridized carbons (Fsp3) is 0.364. The van der Waals surface area contributed by atoms with E-state index in [0.717, 1.165) is 4.90 Å². The Morgan fingerprint density at radius 2 is 1.63 bits per heavy atom. The Hall–Kier alpha value is -2.38. The summed E-state index contributed by atoms with van der Waals surface area (Å²) in [6, 6.07) is 14.8. The van der Waals surface area contributed by atoms with E-state index in [4.69, 9.17) is 21.1 Å². The molecule has 0 N–H and O–H groups in total. The van der Waals surface area contributed by atoms with Crippen LogP contribution in [0.15, 0.2) is 53.4 Å². The predicted octanol–water partition coefficient (Wildman–Crippen LogP) is 3.33. The highest BCUT2D eigenvalue weighted by molar-refractivity contribution is 8.00. The second-order valence-corrected chi connectivity index (χ2v) is 9.08. The number of ether oxygens (including phenoxy) is 2. The van der Waals surface area contributed by atoms with Gasteiger partial charge in [-0.1, -0.05) is 23.7 Å². The van der Waals surface area contributed by atoms with Crippen LogP contribution in [0.3, 0.4) is 0 Å². The van der Waals surface area contributed by atoms with Gasteiger partial charge in [0.25, 0.3) is 5.91 Å². The van der Waals surface area contributed by atoms with Gasteiger partial charge in [-0.2, -0.15) is 0 Å². The third kappa shape index (κ3) is 4.68. The Morgan fingerprint density at radius 1 is 1.00 bits per heavy atom. The monoisotopic (exact) mass is 446 g/mol. The number of halogens is 1. The molecule has 0 aliphatic carbocycles. The van der Waals surface area contributed by atoms with Gasteiger partial charge in [0.2, 0.25) is 12.0 Å². The van der Waals surface area contributed by atoms with Crippen LogP contribution in [0.1, 0.15) is 6.92 Å². The van der Waals surface area contributed by atoms with Crippen molar-refractivity contribution in [1.82, 2.24) is 9.80 Å². The Bertz CT molecular complexity index is 916. The van der Waals surface area contributed by atoms with Crippen molar-refractivity contribution in [3.63, 3.8) is 0 Å². The van der Waals surface area contributed by atoms with Gasteiger partial charge in [0.05, 0.1) is 5.25 Å². The number of hydrogen-bond donors (Lipinski definition) is 0. The van der Waals surface area contributed by atoms with Gasteiger partial charge in [-0.25, -0.2) is 0 Å². The molecule has 1 fully saturated rings. The van der Waals surface area contributed by atoms with Crippen molar-refractivity contribution in [1.29, 1.82) is 0 Å². The van der Waals surface area contributed by atoms with Crippen LogP contribution in [-0.4, -0.2) is 65.8 Å². The van der Waals surface area contributed by atoms with Gasteiger partial charge in [0.15, 0.2) is 11.5 Å². The van der Waals surface area contributed by atoms with Crippen molar-refractivity contribution in [3.8, 4) is 11.5 Å². The molecular weight excluding hydrogens is 424 g/mol. The molecule has 8 heteroatoms. The van der Waals surface area contributed by atoms with Crippen LogP contribution in [0, 0.1) is 0 Å². The van der Waals surface area contributed by atoms with Gasteiger partial charge in [-0.05, 0) is 43.3 Å². The number of piperazine rings is 1. The molecule has 158 valence electrons. The second kappa shape index (κ2) is 9.18. The summed E-state index contributed by atoms with van der Waals surface area (Å²) in [5.74, 6) is 1.22. The molecule has 2 heterocycles. The van der Waals surface area contributed by atoms with Crippen LogP contribution in [0.4, 0.5) is 0 Å². The molecule has 2 aromatic rings. The zero-order valence-electron chi connectivity index (χ0n) is 16.6. The molecule has 30 heavy (non-hydrogen) atoms. The largest absolute Gasteiger partial charge is 0.485 e. The molecule has 2 aliphatic heterocycles. The van der Waals surface area contributed by atoms with E-state index in [2.05, 4.69) is 0 Å². The number of thioether (sulfide) groups is 1. The minimum atomic E-state index is -0.651. The Balaban J connectivity index is 1.28. The third-order valence-corrected chi connectivity index (χ3v) is 6.51. The lowest BCUT2D eigenvalue weighted by Crippen LogP contribution is -2.56. The minimum absolute atomic E-state index is 0.0771. The van der Waals surface area contributed by atoms with Gasteiger partial charge in [0, 0.05) is 36.1 Å². The number of para-hydroxylation sites is 2. The minimum Gasteiger partial charge on any atom is -0.485 e. The van der Waals surface area contributed by atoms with Crippen molar-refractivity contribution in [2.24, 2.45) is 0 Å². The summed E-state index contributed by atoms with van der Waals surface area (Å²) in [5.41, 5.74) is 0. The molecule has 0 aromatic heterocycles. The zero-order valence-corrected chi connectivity index (χ0v) is 18.2. The summed E-state index contributed by atoms with van der Waals surface area (Å²) in [5, 5.41) is 0.468. The van der Waals surface area contributed by atoms with Crippen LogP contribution < -0.4 is 9.47 Å². The molecule has 6 nitrogen and oxygen atoms in total. The summed E-state index contributed by atoms with van der Waals surface area (Å²) in [6.07, 6.45) is -0.651. The maximum atomic E-state index is 12.8. The molecule has 1 saturated heterocycles. The number of benzene rings is 2. The third-order valence-electron chi connectivity index (χ3n) is 5.16. The lowest BCUT2D eigenvalue weighted by atomic mass is 10.2. The predicted molar refractivity (Wildman–Crippen MR) is 116 cm³/mol. The average molecular weight is 447 g/mol. The van der Waals surface area contributed by atoms with E-state index in [1.807, 2.05) is 54.3 Å². The molecule has 2 aromatic carbocycles. The molecule has 4 rings (SSSR count). The van der Waals surface area contributed by atoms with Crippen molar-refractivity contribution in [2.75, 3.05) is 32.8 Å². The molecule has 0 bridgehead atoms. The highest BCUT2D eigenvalue weighted by Gasteiger charge is 2.34. The van der Waals surface area contributed by atoms with E-state index in [1.54, 1.807) is 11.0 Å². The van der Waals surface area contributed by atoms with Crippen LogP contribution in [0.2, 0.25) is 5.02 Å². The lowest BCUT2D eigenvalue weighted by Gasteiger charge is -2.37. The number of carbonyl (C=O) groups excluding carboxylic acids is 2. The lowest BCUT2D eigenvalue weighted by molar-refractivity contribution is -0.146. The van der Waals surface area contributed by atoms with E-state index >= 15 is 0 Å². The first kappa shape index (κ1) is 20.9. The average Bonchev–Trinajstić information content (AvgIpc) is 2.79. The second-order valence-electron chi connectivity index (χ2n) is 7.23. The molecule has 0 saturated carbocycles. The molecule has 2 unspecified atom stereocenters. The van der Waals surface area contributed by atoms with E-state index in [-0.39, 0.29) is 23.7 Å². The van der Waals surface area contributed by atoms with Gasteiger partial charge < -0.3 is 19.3 Å². The van der Waals surface area contributed by atoms with Gasteiger partial charge in [0.1, 0.15) is 6.61 Å². The highest BCUT2D eigenvalue weighted by Crippen LogP contribution is 2.31. The van der Waals surface area contributed by atoms with E-state index in [1.165, 1.54) is 11.8 Å². The number of fused-ring (bicyclic) bond motifs is 1. The molecular formula is C22H23ClN2O4S. The summed E-state index contributed by atoms with van der Waals surface area (Å²) in [4.78, 5) is 30.2. The Kier molecular flexibility index (Phi) is 6.39. The standard InChI is InChI=1S/C22H23ClN2O4S/c1-15(30-17-8-6-16(23)7-9-17)21(26)24-10-12-25(13-11-24)22(27)20-14-28-18-4-2-3-5-19(18)29-20/h2-9,15,20H,10-14H2,1H3. The van der Waals surface area contributed by atoms with Crippen molar-refractivity contribution in [2.45, 2.75) is 23.2 Å². The van der Waals surface area contributed by atoms with Gasteiger partial charge in [-0.15, -0.1) is 11.8 Å². The fourth-order valence-corrected chi connectivity index (χ4v) is 4.59. The first-order valence-corrected chi connectivity index (χ1v) is 11.2. The summed E-state index contributed by atoms with van der Waals surface area (Å²) >= 11 is 7.43. The quantitative estimate of drug-likeness (QED) is 0.674. The molecule has 2 aliphatic rings. The highest BCUT2D eigenvalue weighted by atomic mass is 35.5. The van der Waals surface area contributed by atoms with Gasteiger partial charge in [-0.3, -0.25) is 9.59 Å². The molecule has 0 spiro atoms. The van der Waals surface area contributed by atoms with Crippen LogP contribution in [0.25, 0.3) is 0 Å². The van der Waals surface area contributed by atoms with Crippen LogP contribution in [0.5, 0.6) is 11.5 Å². The number of rotatable bonds is 4. The number of carbonyl (C=O) groups is 2. The number of amides is 2. The number of hydrogen-bond acceptors (Lipinski definition) is 5. The Morgan fingerprint density at radius 3 is 2.33 bits per heavy atom. The Labute approximate surface area is 185 Å². The first-order valence-electron chi connectivity index (χ1n) is 9.89. The smallest absolute Gasteiger partial charge is 0.267 e. The summed E-state index contributed by atoms with van der Waals surface area (Å²) in [6.45, 7) is 4.11. The topological polar surface area (TPSA) is 59.1 Å². The van der Waals surface area contributed by atoms with E-state index in [0.29, 0.717) is 42.7 Å². The normalized spacial score (nSPS) is 19.3. The van der Waals surface area contributed by atoms with E-state index in [9.17, 15) is 9.59 Å².